The van der Waals surface area contributed by atoms with Crippen LogP contribution in [0.4, 0.5) is 4.39 Å². The zero-order valence-electron chi connectivity index (χ0n) is 22.9. The van der Waals surface area contributed by atoms with Gasteiger partial charge in [-0.25, -0.2) is 12.8 Å². The Morgan fingerprint density at radius 1 is 0.854 bits per heavy atom. The third-order valence-electron chi connectivity index (χ3n) is 7.30. The first-order valence-electron chi connectivity index (χ1n) is 13.3. The number of rotatable bonds is 7. The fraction of sp³-hybridized carbons (Fsp3) is 0.182. The molecule has 0 spiro atoms. The highest BCUT2D eigenvalue weighted by Crippen LogP contribution is 2.31. The minimum Gasteiger partial charge on any atom is -0.497 e. The van der Waals surface area contributed by atoms with Crippen LogP contribution < -0.4 is 4.74 Å². The van der Waals surface area contributed by atoms with Crippen LogP contribution in [0.15, 0.2) is 120 Å². The van der Waals surface area contributed by atoms with Gasteiger partial charge in [0.1, 0.15) is 17.6 Å². The molecule has 41 heavy (non-hydrogen) atoms. The Hall–Kier alpha value is -4.27. The molecular formula is C33H31FN2O4S. The summed E-state index contributed by atoms with van der Waals surface area (Å²) in [5.41, 5.74) is 3.45. The zero-order chi connectivity index (χ0) is 29.0. The summed E-state index contributed by atoms with van der Waals surface area (Å²) >= 11 is 0. The summed E-state index contributed by atoms with van der Waals surface area (Å²) in [7, 11) is -2.42. The standard InChI is InChI=1S/C33H31FN2O4S/c1-24-33(37)35(23-25-10-16-29(34)17-11-25)32(28-12-18-30(40-2)19-13-28)9-6-22-36(24)41(38,39)31-20-14-27(15-21-31)26-7-4-3-5-8-26/h3-21,24,32H,22-23H2,1-2H3/b9-6-/t24-,32+/m0/s1. The van der Waals surface area contributed by atoms with E-state index < -0.39 is 22.1 Å². The number of ether oxygens (including phenoxy) is 1. The van der Waals surface area contributed by atoms with Crippen molar-refractivity contribution in [3.63, 3.8) is 0 Å². The number of sulfonamides is 1. The van der Waals surface area contributed by atoms with Crippen LogP contribution in [0.3, 0.4) is 0 Å². The Morgan fingerprint density at radius 3 is 2.12 bits per heavy atom. The molecule has 1 aliphatic rings. The maximum Gasteiger partial charge on any atom is 0.244 e. The van der Waals surface area contributed by atoms with Crippen LogP contribution in [0.25, 0.3) is 11.1 Å². The Balaban J connectivity index is 1.49. The van der Waals surface area contributed by atoms with E-state index in [1.54, 1.807) is 61.4 Å². The smallest absolute Gasteiger partial charge is 0.244 e. The van der Waals surface area contributed by atoms with E-state index in [4.69, 9.17) is 4.74 Å². The van der Waals surface area contributed by atoms with Crippen LogP contribution in [0.2, 0.25) is 0 Å². The van der Waals surface area contributed by atoms with Gasteiger partial charge in [0, 0.05) is 13.1 Å². The SMILES string of the molecule is COc1ccc([C@H]2/C=C\CN(S(=O)(=O)c3ccc(-c4ccccc4)cc3)[C@@H](C)C(=O)N2Cc2ccc(F)cc2)cc1. The van der Waals surface area contributed by atoms with Gasteiger partial charge in [0.15, 0.2) is 0 Å². The number of hydrogen-bond acceptors (Lipinski definition) is 4. The average Bonchev–Trinajstić information content (AvgIpc) is 3.00. The maximum atomic E-state index is 14.1. The van der Waals surface area contributed by atoms with Gasteiger partial charge in [0.25, 0.3) is 0 Å². The maximum absolute atomic E-state index is 14.1. The van der Waals surface area contributed by atoms with Crippen molar-refractivity contribution in [2.24, 2.45) is 0 Å². The topological polar surface area (TPSA) is 66.9 Å². The van der Waals surface area contributed by atoms with E-state index in [9.17, 15) is 17.6 Å². The number of carbonyl (C=O) groups excluding carboxylic acids is 1. The molecule has 0 bridgehead atoms. The van der Waals surface area contributed by atoms with Crippen molar-refractivity contribution in [2.75, 3.05) is 13.7 Å². The Morgan fingerprint density at radius 2 is 1.49 bits per heavy atom. The second kappa shape index (κ2) is 12.1. The Labute approximate surface area is 240 Å². The predicted molar refractivity (Wildman–Crippen MR) is 157 cm³/mol. The number of amides is 1. The third-order valence-corrected chi connectivity index (χ3v) is 9.25. The molecule has 210 valence electrons. The average molecular weight is 571 g/mol. The predicted octanol–water partition coefficient (Wildman–Crippen LogP) is 6.22. The van der Waals surface area contributed by atoms with Crippen LogP contribution in [-0.4, -0.2) is 43.2 Å². The molecular weight excluding hydrogens is 539 g/mol. The molecule has 6 nitrogen and oxygen atoms in total. The van der Waals surface area contributed by atoms with Gasteiger partial charge in [-0.3, -0.25) is 4.79 Å². The van der Waals surface area contributed by atoms with Crippen molar-refractivity contribution in [1.29, 1.82) is 0 Å². The molecule has 4 aromatic rings. The minimum absolute atomic E-state index is 0.0344. The van der Waals surface area contributed by atoms with Gasteiger partial charge in [-0.15, -0.1) is 0 Å². The van der Waals surface area contributed by atoms with Crippen molar-refractivity contribution >= 4 is 15.9 Å². The number of hydrogen-bond donors (Lipinski definition) is 0. The molecule has 1 heterocycles. The van der Waals surface area contributed by atoms with Crippen LogP contribution in [0, 0.1) is 5.82 Å². The van der Waals surface area contributed by atoms with Crippen molar-refractivity contribution in [2.45, 2.75) is 30.4 Å². The normalized spacial score (nSPS) is 18.9. The van der Waals surface area contributed by atoms with Gasteiger partial charge < -0.3 is 9.64 Å². The zero-order valence-corrected chi connectivity index (χ0v) is 23.7. The molecule has 0 aliphatic carbocycles. The first-order valence-corrected chi connectivity index (χ1v) is 14.7. The fourth-order valence-electron chi connectivity index (χ4n) is 5.00. The highest BCUT2D eigenvalue weighted by atomic mass is 32.2. The molecule has 0 saturated heterocycles. The van der Waals surface area contributed by atoms with Crippen molar-refractivity contribution in [1.82, 2.24) is 9.21 Å². The van der Waals surface area contributed by atoms with E-state index in [1.807, 2.05) is 60.7 Å². The molecule has 0 fully saturated rings. The largest absolute Gasteiger partial charge is 0.497 e. The number of benzene rings is 4. The molecule has 0 radical (unpaired) electrons. The van der Waals surface area contributed by atoms with Gasteiger partial charge in [-0.1, -0.05) is 78.9 Å². The summed E-state index contributed by atoms with van der Waals surface area (Å²) in [6.07, 6.45) is 3.63. The van der Waals surface area contributed by atoms with Gasteiger partial charge in [-0.05, 0) is 65.6 Å². The van der Waals surface area contributed by atoms with E-state index in [0.29, 0.717) is 5.75 Å². The molecule has 0 N–H and O–H groups in total. The summed E-state index contributed by atoms with van der Waals surface area (Å²) in [5, 5.41) is 0. The molecule has 5 rings (SSSR count). The van der Waals surface area contributed by atoms with E-state index in [1.165, 1.54) is 16.4 Å². The number of nitrogens with zero attached hydrogens (tertiary/aromatic N) is 2. The molecule has 0 saturated carbocycles. The summed E-state index contributed by atoms with van der Waals surface area (Å²) < 4.78 is 47.8. The monoisotopic (exact) mass is 570 g/mol. The van der Waals surface area contributed by atoms with Crippen LogP contribution in [0.5, 0.6) is 5.75 Å². The van der Waals surface area contributed by atoms with Gasteiger partial charge in [0.05, 0.1) is 18.0 Å². The van der Waals surface area contributed by atoms with E-state index >= 15 is 0 Å². The molecule has 0 aromatic heterocycles. The second-order valence-electron chi connectivity index (χ2n) is 9.88. The second-order valence-corrected chi connectivity index (χ2v) is 11.8. The van der Waals surface area contributed by atoms with E-state index in [0.717, 1.165) is 22.3 Å². The van der Waals surface area contributed by atoms with Gasteiger partial charge >= 0.3 is 0 Å². The van der Waals surface area contributed by atoms with Gasteiger partial charge in [-0.2, -0.15) is 4.31 Å². The summed E-state index contributed by atoms with van der Waals surface area (Å²) in [6, 6.07) is 28.3. The molecule has 1 amide bonds. The van der Waals surface area contributed by atoms with Crippen molar-refractivity contribution < 1.29 is 22.3 Å². The lowest BCUT2D eigenvalue weighted by atomic mass is 10.0. The Bertz CT molecular complexity index is 1620. The quantitative estimate of drug-likeness (QED) is 0.248. The number of carbonyl (C=O) groups is 1. The van der Waals surface area contributed by atoms with Crippen LogP contribution >= 0.6 is 0 Å². The molecule has 4 aromatic carbocycles. The lowest BCUT2D eigenvalue weighted by Crippen LogP contribution is -2.51. The number of methoxy groups -OCH3 is 1. The van der Waals surface area contributed by atoms with E-state index in [-0.39, 0.29) is 29.7 Å². The lowest BCUT2D eigenvalue weighted by molar-refractivity contribution is -0.137. The van der Waals surface area contributed by atoms with Crippen molar-refractivity contribution in [3.8, 4) is 16.9 Å². The van der Waals surface area contributed by atoms with Crippen molar-refractivity contribution in [3.05, 3.63) is 132 Å². The third kappa shape index (κ3) is 6.09. The summed E-state index contributed by atoms with van der Waals surface area (Å²) in [5.74, 6) is -0.0452. The first-order chi connectivity index (χ1) is 19.8. The lowest BCUT2D eigenvalue weighted by Gasteiger charge is -2.37. The molecule has 1 aliphatic heterocycles. The van der Waals surface area contributed by atoms with Crippen LogP contribution in [-0.2, 0) is 21.4 Å². The minimum atomic E-state index is -4.01. The molecule has 0 unspecified atom stereocenters. The summed E-state index contributed by atoms with van der Waals surface area (Å²) in [6.45, 7) is 1.82. The molecule has 8 heteroatoms. The highest BCUT2D eigenvalue weighted by Gasteiger charge is 2.38. The van der Waals surface area contributed by atoms with Gasteiger partial charge in [0.2, 0.25) is 15.9 Å². The first kappa shape index (κ1) is 28.3. The highest BCUT2D eigenvalue weighted by molar-refractivity contribution is 7.89. The number of halogens is 1. The van der Waals surface area contributed by atoms with E-state index in [2.05, 4.69) is 0 Å². The van der Waals surface area contributed by atoms with Crippen LogP contribution in [0.1, 0.15) is 24.1 Å². The Kier molecular flexibility index (Phi) is 8.33. The fourth-order valence-corrected chi connectivity index (χ4v) is 6.54. The molecule has 2 atom stereocenters. The summed E-state index contributed by atoms with van der Waals surface area (Å²) in [4.78, 5) is 15.8.